The molecule has 1 N–H and O–H groups in total. The molecule has 1 saturated carbocycles. The van der Waals surface area contributed by atoms with Crippen molar-refractivity contribution in [2.45, 2.75) is 49.8 Å². The Morgan fingerprint density at radius 1 is 1.12 bits per heavy atom. The summed E-state index contributed by atoms with van der Waals surface area (Å²) in [6, 6.07) is 13.5. The smallest absolute Gasteiger partial charge is 0.231 e. The Morgan fingerprint density at radius 2 is 1.97 bits per heavy atom. The Kier molecular flexibility index (Phi) is 6.89. The molecule has 34 heavy (non-hydrogen) atoms. The van der Waals surface area contributed by atoms with Gasteiger partial charge < -0.3 is 24.1 Å². The van der Waals surface area contributed by atoms with Crippen LogP contribution >= 0.6 is 11.8 Å². The van der Waals surface area contributed by atoms with E-state index in [1.54, 1.807) is 25.3 Å². The van der Waals surface area contributed by atoms with Crippen LogP contribution in [0.2, 0.25) is 0 Å². The van der Waals surface area contributed by atoms with E-state index in [9.17, 15) is 4.79 Å². The van der Waals surface area contributed by atoms with Gasteiger partial charge in [-0.15, -0.1) is 10.2 Å². The van der Waals surface area contributed by atoms with Gasteiger partial charge in [-0.3, -0.25) is 4.79 Å². The molecule has 178 valence electrons. The van der Waals surface area contributed by atoms with Crippen molar-refractivity contribution < 1.29 is 19.0 Å². The quantitative estimate of drug-likeness (QED) is 0.334. The molecule has 0 radical (unpaired) electrons. The maximum absolute atomic E-state index is 12.9. The number of nitrogens with one attached hydrogen (secondary N) is 1. The Bertz CT molecular complexity index is 1160. The molecule has 1 aliphatic heterocycles. The van der Waals surface area contributed by atoms with Crippen molar-refractivity contribution in [1.29, 1.82) is 0 Å². The van der Waals surface area contributed by atoms with Gasteiger partial charge in [0.1, 0.15) is 5.75 Å². The number of thioether (sulfide) groups is 1. The van der Waals surface area contributed by atoms with Crippen molar-refractivity contribution >= 4 is 23.2 Å². The van der Waals surface area contributed by atoms with Crippen LogP contribution in [0.5, 0.6) is 17.2 Å². The van der Waals surface area contributed by atoms with E-state index in [1.165, 1.54) is 31.0 Å². The number of aromatic nitrogens is 3. The average molecular weight is 481 g/mol. The van der Waals surface area contributed by atoms with Crippen molar-refractivity contribution in [3.8, 4) is 17.2 Å². The third-order valence-electron chi connectivity index (χ3n) is 6.22. The number of carbonyl (C=O) groups excluding carboxylic acids is 1. The highest BCUT2D eigenvalue weighted by molar-refractivity contribution is 7.99. The fourth-order valence-corrected chi connectivity index (χ4v) is 5.35. The molecule has 0 spiro atoms. The van der Waals surface area contributed by atoms with Gasteiger partial charge in [-0.1, -0.05) is 37.1 Å². The zero-order valence-electron chi connectivity index (χ0n) is 19.2. The SMILES string of the molecule is COc1cccc(NCc2nnc(SCC(=O)c3ccc4c(c3)OCO4)n2C2CCCCC2)c1. The van der Waals surface area contributed by atoms with Gasteiger partial charge in [-0.25, -0.2) is 0 Å². The van der Waals surface area contributed by atoms with E-state index in [1.807, 2.05) is 24.3 Å². The minimum Gasteiger partial charge on any atom is -0.497 e. The van der Waals surface area contributed by atoms with Crippen LogP contribution in [0.3, 0.4) is 0 Å². The van der Waals surface area contributed by atoms with Crippen LogP contribution in [-0.4, -0.2) is 40.2 Å². The van der Waals surface area contributed by atoms with E-state index in [0.717, 1.165) is 35.3 Å². The molecule has 0 bridgehead atoms. The van der Waals surface area contributed by atoms with Crippen molar-refractivity contribution in [2.24, 2.45) is 0 Å². The second kappa shape index (κ2) is 10.4. The van der Waals surface area contributed by atoms with Crippen LogP contribution in [0.1, 0.15) is 54.3 Å². The lowest BCUT2D eigenvalue weighted by atomic mass is 9.95. The Labute approximate surface area is 203 Å². The number of rotatable bonds is 9. The predicted octanol–water partition coefficient (Wildman–Crippen LogP) is 5.11. The van der Waals surface area contributed by atoms with Crippen LogP contribution in [0.25, 0.3) is 0 Å². The number of anilines is 1. The maximum Gasteiger partial charge on any atom is 0.231 e. The summed E-state index contributed by atoms with van der Waals surface area (Å²) in [7, 11) is 1.66. The fourth-order valence-electron chi connectivity index (χ4n) is 4.43. The summed E-state index contributed by atoms with van der Waals surface area (Å²) in [5, 5.41) is 13.2. The molecule has 0 amide bonds. The molecule has 1 aromatic heterocycles. The van der Waals surface area contributed by atoms with E-state index in [0.29, 0.717) is 29.6 Å². The first-order valence-electron chi connectivity index (χ1n) is 11.6. The lowest BCUT2D eigenvalue weighted by Crippen LogP contribution is -2.18. The van der Waals surface area contributed by atoms with Crippen molar-refractivity contribution in [3.05, 3.63) is 53.9 Å². The first-order chi connectivity index (χ1) is 16.7. The van der Waals surface area contributed by atoms with Crippen LogP contribution in [-0.2, 0) is 6.54 Å². The third-order valence-corrected chi connectivity index (χ3v) is 7.17. The first kappa shape index (κ1) is 22.6. The van der Waals surface area contributed by atoms with Crippen LogP contribution in [0.15, 0.2) is 47.6 Å². The zero-order chi connectivity index (χ0) is 23.3. The summed E-state index contributed by atoms with van der Waals surface area (Å²) in [6.45, 7) is 0.742. The number of Topliss-reactive ketones (excluding diaryl/α,β-unsaturated/α-hetero) is 1. The van der Waals surface area contributed by atoms with Gasteiger partial charge in [0.15, 0.2) is 28.3 Å². The molecule has 2 heterocycles. The monoisotopic (exact) mass is 480 g/mol. The number of ether oxygens (including phenoxy) is 3. The van der Waals surface area contributed by atoms with Gasteiger partial charge in [0.05, 0.1) is 19.4 Å². The number of nitrogens with zero attached hydrogens (tertiary/aromatic N) is 3. The first-order valence-corrected chi connectivity index (χ1v) is 12.6. The second-order valence-electron chi connectivity index (χ2n) is 8.43. The fraction of sp³-hybridized carbons (Fsp3) is 0.400. The molecule has 0 atom stereocenters. The Hall–Kier alpha value is -3.20. The molecule has 0 unspecified atom stereocenters. The minimum atomic E-state index is 0.0255. The highest BCUT2D eigenvalue weighted by Crippen LogP contribution is 2.35. The average Bonchev–Trinajstić information content (AvgIpc) is 3.53. The number of ketones is 1. The summed E-state index contributed by atoms with van der Waals surface area (Å²) >= 11 is 1.45. The normalized spacial score (nSPS) is 15.3. The number of methoxy groups -OCH3 is 1. The van der Waals surface area contributed by atoms with Gasteiger partial charge in [-0.2, -0.15) is 0 Å². The topological polar surface area (TPSA) is 87.5 Å². The van der Waals surface area contributed by atoms with Gasteiger partial charge in [0.2, 0.25) is 6.79 Å². The largest absolute Gasteiger partial charge is 0.497 e. The molecule has 5 rings (SSSR count). The number of carbonyl (C=O) groups is 1. The van der Waals surface area contributed by atoms with E-state index in [4.69, 9.17) is 14.2 Å². The van der Waals surface area contributed by atoms with Crippen molar-refractivity contribution in [1.82, 2.24) is 14.8 Å². The Morgan fingerprint density at radius 3 is 2.82 bits per heavy atom. The van der Waals surface area contributed by atoms with Crippen LogP contribution in [0, 0.1) is 0 Å². The lowest BCUT2D eigenvalue weighted by Gasteiger charge is -2.25. The van der Waals surface area contributed by atoms with Crippen molar-refractivity contribution in [3.63, 3.8) is 0 Å². The van der Waals surface area contributed by atoms with Gasteiger partial charge in [0.25, 0.3) is 0 Å². The highest BCUT2D eigenvalue weighted by atomic mass is 32.2. The van der Waals surface area contributed by atoms with E-state index < -0.39 is 0 Å². The molecule has 2 aliphatic rings. The molecule has 0 saturated heterocycles. The van der Waals surface area contributed by atoms with Crippen LogP contribution < -0.4 is 19.5 Å². The second-order valence-corrected chi connectivity index (χ2v) is 9.37. The van der Waals surface area contributed by atoms with Gasteiger partial charge >= 0.3 is 0 Å². The van der Waals surface area contributed by atoms with E-state index in [-0.39, 0.29) is 18.3 Å². The molecule has 2 aromatic carbocycles. The van der Waals surface area contributed by atoms with Gasteiger partial charge in [-0.05, 0) is 43.2 Å². The third kappa shape index (κ3) is 4.99. The Balaban J connectivity index is 1.31. The summed E-state index contributed by atoms with van der Waals surface area (Å²) in [5.41, 5.74) is 1.57. The zero-order valence-corrected chi connectivity index (χ0v) is 20.0. The highest BCUT2D eigenvalue weighted by Gasteiger charge is 2.24. The van der Waals surface area contributed by atoms with E-state index in [2.05, 4.69) is 20.1 Å². The lowest BCUT2D eigenvalue weighted by molar-refractivity contribution is 0.102. The maximum atomic E-state index is 12.9. The summed E-state index contributed by atoms with van der Waals surface area (Å²) < 4.78 is 18.3. The molecule has 8 nitrogen and oxygen atoms in total. The molecular weight excluding hydrogens is 452 g/mol. The number of fused-ring (bicyclic) bond motifs is 1. The molecule has 9 heteroatoms. The van der Waals surface area contributed by atoms with E-state index >= 15 is 0 Å². The molecule has 1 fully saturated rings. The number of hydrogen-bond donors (Lipinski definition) is 1. The summed E-state index contributed by atoms with van der Waals surface area (Å²) in [6.07, 6.45) is 5.88. The summed E-state index contributed by atoms with van der Waals surface area (Å²) in [5.74, 6) is 3.29. The number of benzene rings is 2. The predicted molar refractivity (Wildman–Crippen MR) is 130 cm³/mol. The molecule has 3 aromatic rings. The molecular formula is C25H28N4O4S. The van der Waals surface area contributed by atoms with Crippen molar-refractivity contribution in [2.75, 3.05) is 25.0 Å². The standard InChI is InChI=1S/C25H28N4O4S/c1-31-20-9-5-6-18(13-20)26-14-24-27-28-25(29(24)19-7-3-2-4-8-19)34-15-21(30)17-10-11-22-23(12-17)33-16-32-22/h5-6,9-13,19,26H,2-4,7-8,14-16H2,1H3. The summed E-state index contributed by atoms with van der Waals surface area (Å²) in [4.78, 5) is 12.9. The minimum absolute atomic E-state index is 0.0255. The van der Waals surface area contributed by atoms with Gasteiger partial charge in [0, 0.05) is 23.4 Å². The van der Waals surface area contributed by atoms with Crippen LogP contribution in [0.4, 0.5) is 5.69 Å². The number of hydrogen-bond acceptors (Lipinski definition) is 8. The molecule has 1 aliphatic carbocycles.